The van der Waals surface area contributed by atoms with Crippen LogP contribution in [-0.4, -0.2) is 53.5 Å². The molecular formula is C21H22FN5O. The summed E-state index contributed by atoms with van der Waals surface area (Å²) in [5.74, 6) is 0.784. The molecule has 2 aromatic heterocycles. The number of halogens is 1. The van der Waals surface area contributed by atoms with Crippen LogP contribution in [0.1, 0.15) is 6.42 Å². The second kappa shape index (κ2) is 8.21. The van der Waals surface area contributed by atoms with Gasteiger partial charge in [0, 0.05) is 68.7 Å². The van der Waals surface area contributed by atoms with Crippen LogP contribution >= 0.6 is 0 Å². The van der Waals surface area contributed by atoms with Crippen LogP contribution in [0.3, 0.4) is 0 Å². The molecule has 0 spiro atoms. The number of fused-ring (bicyclic) bond motifs is 1. The van der Waals surface area contributed by atoms with Crippen LogP contribution in [0.4, 0.5) is 15.9 Å². The third-order valence-electron chi connectivity index (χ3n) is 4.96. The molecule has 1 aromatic carbocycles. The third kappa shape index (κ3) is 4.03. The molecule has 144 valence electrons. The van der Waals surface area contributed by atoms with E-state index in [0.29, 0.717) is 31.6 Å². The number of carbonyl (C=O) groups is 1. The molecule has 0 bridgehead atoms. The standard InChI is InChI=1S/C21H22FN5O/c22-16-4-5-17-18(6-9-24-19(17)15-16)23-10-7-21(28)27-13-11-26(12-14-27)20-3-1-2-8-25-20/h1-6,8-9,15H,7,10-14H2,(H,23,24). The molecule has 1 saturated heterocycles. The number of amides is 1. The topological polar surface area (TPSA) is 61.4 Å². The maximum absolute atomic E-state index is 13.4. The van der Waals surface area contributed by atoms with Gasteiger partial charge in [-0.1, -0.05) is 6.07 Å². The molecule has 1 fully saturated rings. The summed E-state index contributed by atoms with van der Waals surface area (Å²) in [5, 5.41) is 4.13. The van der Waals surface area contributed by atoms with Crippen molar-refractivity contribution in [3.8, 4) is 0 Å². The lowest BCUT2D eigenvalue weighted by Gasteiger charge is -2.35. The van der Waals surface area contributed by atoms with Crippen molar-refractivity contribution in [3.05, 3.63) is 60.7 Å². The van der Waals surface area contributed by atoms with Crippen molar-refractivity contribution in [2.45, 2.75) is 6.42 Å². The first kappa shape index (κ1) is 18.2. The number of hydrogen-bond acceptors (Lipinski definition) is 5. The first-order chi connectivity index (χ1) is 13.7. The Morgan fingerprint density at radius 3 is 2.68 bits per heavy atom. The van der Waals surface area contributed by atoms with Crippen molar-refractivity contribution < 1.29 is 9.18 Å². The first-order valence-electron chi connectivity index (χ1n) is 9.42. The summed E-state index contributed by atoms with van der Waals surface area (Å²) in [6, 6.07) is 12.2. The van der Waals surface area contributed by atoms with Gasteiger partial charge in [-0.2, -0.15) is 0 Å². The maximum atomic E-state index is 13.4. The highest BCUT2D eigenvalue weighted by Crippen LogP contribution is 2.22. The van der Waals surface area contributed by atoms with Crippen LogP contribution in [0.15, 0.2) is 54.9 Å². The van der Waals surface area contributed by atoms with Gasteiger partial charge in [0.1, 0.15) is 11.6 Å². The quantitative estimate of drug-likeness (QED) is 0.739. The molecule has 0 unspecified atom stereocenters. The van der Waals surface area contributed by atoms with E-state index in [1.54, 1.807) is 18.5 Å². The van der Waals surface area contributed by atoms with E-state index in [1.165, 1.54) is 12.1 Å². The zero-order valence-corrected chi connectivity index (χ0v) is 15.5. The summed E-state index contributed by atoms with van der Waals surface area (Å²) in [4.78, 5) is 25.2. The number of carbonyl (C=O) groups excluding carboxylic acids is 1. The van der Waals surface area contributed by atoms with E-state index in [1.807, 2.05) is 29.2 Å². The number of nitrogens with one attached hydrogen (secondary N) is 1. The monoisotopic (exact) mass is 379 g/mol. The van der Waals surface area contributed by atoms with Crippen molar-refractivity contribution >= 4 is 28.3 Å². The van der Waals surface area contributed by atoms with Crippen LogP contribution in [0.25, 0.3) is 10.9 Å². The van der Waals surface area contributed by atoms with E-state index < -0.39 is 0 Å². The number of nitrogens with zero attached hydrogens (tertiary/aromatic N) is 4. The Kier molecular flexibility index (Phi) is 5.32. The van der Waals surface area contributed by atoms with E-state index in [-0.39, 0.29) is 11.7 Å². The lowest BCUT2D eigenvalue weighted by Crippen LogP contribution is -2.49. The fourth-order valence-corrected chi connectivity index (χ4v) is 3.46. The summed E-state index contributed by atoms with van der Waals surface area (Å²) in [6.07, 6.45) is 3.84. The molecule has 3 aromatic rings. The van der Waals surface area contributed by atoms with Gasteiger partial charge < -0.3 is 15.1 Å². The lowest BCUT2D eigenvalue weighted by molar-refractivity contribution is -0.131. The van der Waals surface area contributed by atoms with Crippen LogP contribution in [0, 0.1) is 5.82 Å². The Balaban J connectivity index is 1.29. The molecular weight excluding hydrogens is 357 g/mol. The van der Waals surface area contributed by atoms with E-state index in [4.69, 9.17) is 0 Å². The average Bonchev–Trinajstić information content (AvgIpc) is 2.74. The minimum absolute atomic E-state index is 0.137. The second-order valence-electron chi connectivity index (χ2n) is 6.75. The fourth-order valence-electron chi connectivity index (χ4n) is 3.46. The van der Waals surface area contributed by atoms with Gasteiger partial charge in [0.15, 0.2) is 0 Å². The number of anilines is 2. The molecule has 7 heteroatoms. The first-order valence-corrected chi connectivity index (χ1v) is 9.42. The SMILES string of the molecule is O=C(CCNc1ccnc2cc(F)ccc12)N1CCN(c2ccccn2)CC1. The molecule has 0 saturated carbocycles. The minimum atomic E-state index is -0.308. The molecule has 6 nitrogen and oxygen atoms in total. The molecule has 1 aliphatic rings. The zero-order chi connectivity index (χ0) is 19.3. The highest BCUT2D eigenvalue weighted by atomic mass is 19.1. The Morgan fingerprint density at radius 2 is 1.89 bits per heavy atom. The molecule has 0 aliphatic carbocycles. The molecule has 0 atom stereocenters. The number of aromatic nitrogens is 2. The molecule has 1 amide bonds. The largest absolute Gasteiger partial charge is 0.384 e. The maximum Gasteiger partial charge on any atom is 0.224 e. The number of benzene rings is 1. The Morgan fingerprint density at radius 1 is 1.04 bits per heavy atom. The number of piperazine rings is 1. The van der Waals surface area contributed by atoms with Gasteiger partial charge in [0.25, 0.3) is 0 Å². The highest BCUT2D eigenvalue weighted by molar-refractivity contribution is 5.91. The average molecular weight is 379 g/mol. The molecule has 3 heterocycles. The number of pyridine rings is 2. The van der Waals surface area contributed by atoms with Crippen LogP contribution < -0.4 is 10.2 Å². The Bertz CT molecular complexity index is 957. The summed E-state index contributed by atoms with van der Waals surface area (Å²) >= 11 is 0. The predicted octanol–water partition coefficient (Wildman–Crippen LogP) is 2.92. The van der Waals surface area contributed by atoms with Gasteiger partial charge in [0.2, 0.25) is 5.91 Å². The zero-order valence-electron chi connectivity index (χ0n) is 15.5. The van der Waals surface area contributed by atoms with E-state index in [0.717, 1.165) is 30.0 Å². The van der Waals surface area contributed by atoms with Crippen molar-refractivity contribution in [1.82, 2.24) is 14.9 Å². The highest BCUT2D eigenvalue weighted by Gasteiger charge is 2.21. The normalized spacial score (nSPS) is 14.3. The van der Waals surface area contributed by atoms with Gasteiger partial charge in [-0.15, -0.1) is 0 Å². The Labute approximate surface area is 163 Å². The summed E-state index contributed by atoms with van der Waals surface area (Å²) < 4.78 is 13.4. The van der Waals surface area contributed by atoms with Crippen molar-refractivity contribution in [3.63, 3.8) is 0 Å². The fraction of sp³-hybridized carbons (Fsp3) is 0.286. The van der Waals surface area contributed by atoms with Crippen molar-refractivity contribution in [2.24, 2.45) is 0 Å². The van der Waals surface area contributed by atoms with Crippen LogP contribution in [0.2, 0.25) is 0 Å². The number of hydrogen-bond donors (Lipinski definition) is 1. The van der Waals surface area contributed by atoms with Gasteiger partial charge in [-0.25, -0.2) is 9.37 Å². The van der Waals surface area contributed by atoms with Crippen molar-refractivity contribution in [1.29, 1.82) is 0 Å². The van der Waals surface area contributed by atoms with Crippen LogP contribution in [-0.2, 0) is 4.79 Å². The van der Waals surface area contributed by atoms with Gasteiger partial charge in [-0.3, -0.25) is 9.78 Å². The van der Waals surface area contributed by atoms with Crippen LogP contribution in [0.5, 0.6) is 0 Å². The molecule has 28 heavy (non-hydrogen) atoms. The smallest absolute Gasteiger partial charge is 0.224 e. The third-order valence-corrected chi connectivity index (χ3v) is 4.96. The van der Waals surface area contributed by atoms with Gasteiger partial charge >= 0.3 is 0 Å². The van der Waals surface area contributed by atoms with Gasteiger partial charge in [0.05, 0.1) is 5.52 Å². The number of rotatable bonds is 5. The predicted molar refractivity (Wildman–Crippen MR) is 108 cm³/mol. The summed E-state index contributed by atoms with van der Waals surface area (Å²) in [5.41, 5.74) is 1.46. The minimum Gasteiger partial charge on any atom is -0.384 e. The summed E-state index contributed by atoms with van der Waals surface area (Å²) in [6.45, 7) is 3.50. The van der Waals surface area contributed by atoms with Gasteiger partial charge in [-0.05, 0) is 30.3 Å². The molecule has 1 aliphatic heterocycles. The Hall–Kier alpha value is -3.22. The lowest BCUT2D eigenvalue weighted by atomic mass is 10.2. The van der Waals surface area contributed by atoms with Crippen molar-refractivity contribution in [2.75, 3.05) is 42.9 Å². The van der Waals surface area contributed by atoms with E-state index >= 15 is 0 Å². The molecule has 4 rings (SSSR count). The summed E-state index contributed by atoms with van der Waals surface area (Å²) in [7, 11) is 0. The molecule has 0 radical (unpaired) electrons. The second-order valence-corrected chi connectivity index (χ2v) is 6.75. The van der Waals surface area contributed by atoms with E-state index in [2.05, 4.69) is 20.2 Å². The van der Waals surface area contributed by atoms with E-state index in [9.17, 15) is 9.18 Å². The molecule has 1 N–H and O–H groups in total.